The predicted octanol–water partition coefficient (Wildman–Crippen LogP) is 2.36. The lowest BCUT2D eigenvalue weighted by Gasteiger charge is -2.27. The van der Waals surface area contributed by atoms with E-state index in [4.69, 9.17) is 0 Å². The number of sulfonamides is 1. The Morgan fingerprint density at radius 1 is 1.45 bits per heavy atom. The first kappa shape index (κ1) is 15.6. The largest absolute Gasteiger partial charge is 0.300 e. The minimum absolute atomic E-state index is 0.0394. The molecule has 0 aromatic carbocycles. The van der Waals surface area contributed by atoms with Gasteiger partial charge in [0.25, 0.3) is 10.0 Å². The molecule has 0 N–H and O–H groups in total. The van der Waals surface area contributed by atoms with Crippen molar-refractivity contribution in [3.63, 3.8) is 0 Å². The average molecular weight is 316 g/mol. The molecule has 2 rings (SSSR count). The van der Waals surface area contributed by atoms with Crippen molar-refractivity contribution in [1.82, 2.24) is 9.29 Å². The number of hydrogen-bond donors (Lipinski definition) is 0. The van der Waals surface area contributed by atoms with Gasteiger partial charge in [-0.25, -0.2) is 13.4 Å². The summed E-state index contributed by atoms with van der Waals surface area (Å²) in [6.45, 7) is 3.81. The van der Waals surface area contributed by atoms with E-state index in [0.29, 0.717) is 13.0 Å². The van der Waals surface area contributed by atoms with E-state index < -0.39 is 10.0 Å². The van der Waals surface area contributed by atoms with E-state index in [1.807, 2.05) is 0 Å². The maximum absolute atomic E-state index is 12.7. The van der Waals surface area contributed by atoms with Gasteiger partial charge in [-0.1, -0.05) is 12.8 Å². The Balaban J connectivity index is 2.32. The molecule has 2 heterocycles. The van der Waals surface area contributed by atoms with Crippen molar-refractivity contribution < 1.29 is 13.2 Å². The van der Waals surface area contributed by atoms with Crippen LogP contribution in [0, 0.1) is 6.92 Å². The van der Waals surface area contributed by atoms with Gasteiger partial charge in [-0.05, 0) is 26.7 Å². The van der Waals surface area contributed by atoms with Gasteiger partial charge in [0.15, 0.2) is 4.21 Å². The Kier molecular flexibility index (Phi) is 4.93. The van der Waals surface area contributed by atoms with Crippen LogP contribution < -0.4 is 0 Å². The van der Waals surface area contributed by atoms with Crippen LogP contribution in [-0.2, 0) is 14.8 Å². The van der Waals surface area contributed by atoms with Crippen molar-refractivity contribution in [2.75, 3.05) is 6.54 Å². The van der Waals surface area contributed by atoms with Crippen molar-refractivity contribution in [2.45, 2.75) is 56.2 Å². The van der Waals surface area contributed by atoms with E-state index in [1.54, 1.807) is 6.92 Å². The summed E-state index contributed by atoms with van der Waals surface area (Å²) in [5.74, 6) is 0.0394. The second-order valence-corrected chi connectivity index (χ2v) is 8.58. The minimum Gasteiger partial charge on any atom is -0.300 e. The number of nitrogens with zero attached hydrogens (tertiary/aromatic N) is 2. The van der Waals surface area contributed by atoms with Crippen LogP contribution in [0.5, 0.6) is 0 Å². The van der Waals surface area contributed by atoms with Crippen LogP contribution in [0.2, 0.25) is 0 Å². The van der Waals surface area contributed by atoms with Gasteiger partial charge in [0.1, 0.15) is 5.78 Å². The maximum atomic E-state index is 12.7. The normalized spacial score (nSPS) is 21.6. The molecule has 1 atom stereocenters. The summed E-state index contributed by atoms with van der Waals surface area (Å²) in [6, 6.07) is -0.206. The van der Waals surface area contributed by atoms with Crippen molar-refractivity contribution in [3.8, 4) is 0 Å². The van der Waals surface area contributed by atoms with Gasteiger partial charge in [0.2, 0.25) is 0 Å². The number of ketones is 1. The third-order valence-electron chi connectivity index (χ3n) is 3.51. The zero-order chi connectivity index (χ0) is 14.8. The molecule has 20 heavy (non-hydrogen) atoms. The molecular weight excluding hydrogens is 296 g/mol. The van der Waals surface area contributed by atoms with Gasteiger partial charge in [-0.15, -0.1) is 11.3 Å². The Labute approximate surface area is 124 Å². The number of carbonyl (C=O) groups is 1. The van der Waals surface area contributed by atoms with Gasteiger partial charge < -0.3 is 0 Å². The zero-order valence-electron chi connectivity index (χ0n) is 11.8. The van der Waals surface area contributed by atoms with Gasteiger partial charge in [-0.3, -0.25) is 4.79 Å². The van der Waals surface area contributed by atoms with Crippen LogP contribution in [-0.4, -0.2) is 36.1 Å². The molecule has 0 bridgehead atoms. The monoisotopic (exact) mass is 316 g/mol. The van der Waals surface area contributed by atoms with Crippen LogP contribution >= 0.6 is 11.3 Å². The Bertz CT molecular complexity index is 580. The van der Waals surface area contributed by atoms with Gasteiger partial charge in [-0.2, -0.15) is 4.31 Å². The van der Waals surface area contributed by atoms with Crippen LogP contribution in [0.15, 0.2) is 10.4 Å². The van der Waals surface area contributed by atoms with Gasteiger partial charge in [0, 0.05) is 19.0 Å². The zero-order valence-corrected chi connectivity index (χ0v) is 13.5. The van der Waals surface area contributed by atoms with Crippen molar-refractivity contribution in [2.24, 2.45) is 0 Å². The Morgan fingerprint density at radius 3 is 2.80 bits per heavy atom. The van der Waals surface area contributed by atoms with E-state index in [2.05, 4.69) is 4.98 Å². The number of hydrogen-bond acceptors (Lipinski definition) is 5. The first-order valence-corrected chi connectivity index (χ1v) is 9.10. The maximum Gasteiger partial charge on any atom is 0.254 e. The van der Waals surface area contributed by atoms with E-state index >= 15 is 0 Å². The van der Waals surface area contributed by atoms with Crippen LogP contribution in [0.3, 0.4) is 0 Å². The molecule has 112 valence electrons. The number of thiazole rings is 1. The highest BCUT2D eigenvalue weighted by atomic mass is 32.2. The molecule has 0 saturated carbocycles. The summed E-state index contributed by atoms with van der Waals surface area (Å²) in [4.78, 5) is 15.4. The Hall–Kier alpha value is -0.790. The summed E-state index contributed by atoms with van der Waals surface area (Å²) in [5, 5.41) is 0.738. The molecule has 1 aromatic heterocycles. The molecule has 0 amide bonds. The molecule has 1 unspecified atom stereocenters. The van der Waals surface area contributed by atoms with Crippen LogP contribution in [0.25, 0.3) is 0 Å². The fourth-order valence-corrected chi connectivity index (χ4v) is 5.51. The lowest BCUT2D eigenvalue weighted by Crippen LogP contribution is -2.40. The van der Waals surface area contributed by atoms with Crippen LogP contribution in [0.4, 0.5) is 0 Å². The summed E-state index contributed by atoms with van der Waals surface area (Å²) >= 11 is 1.19. The van der Waals surface area contributed by atoms with E-state index in [-0.39, 0.29) is 16.0 Å². The Morgan fingerprint density at radius 2 is 2.20 bits per heavy atom. The fraction of sp³-hybridized carbons (Fsp3) is 0.692. The van der Waals surface area contributed by atoms with E-state index in [1.165, 1.54) is 28.8 Å². The molecule has 1 fully saturated rings. The third-order valence-corrected chi connectivity index (χ3v) is 6.81. The van der Waals surface area contributed by atoms with Gasteiger partial charge in [0.05, 0.1) is 11.2 Å². The minimum atomic E-state index is -3.52. The lowest BCUT2D eigenvalue weighted by molar-refractivity contribution is -0.117. The SMILES string of the molecule is CC(=O)CC1CCCCCN1S(=O)(=O)c1cnc(C)s1. The highest BCUT2D eigenvalue weighted by Crippen LogP contribution is 2.29. The fourth-order valence-electron chi connectivity index (χ4n) is 2.58. The highest BCUT2D eigenvalue weighted by molar-refractivity contribution is 7.91. The summed E-state index contributed by atoms with van der Waals surface area (Å²) in [5.41, 5.74) is 0. The molecule has 5 nitrogen and oxygen atoms in total. The molecule has 1 aliphatic heterocycles. The van der Waals surface area contributed by atoms with E-state index in [9.17, 15) is 13.2 Å². The quantitative estimate of drug-likeness (QED) is 0.855. The van der Waals surface area contributed by atoms with Crippen molar-refractivity contribution in [3.05, 3.63) is 11.2 Å². The number of Topliss-reactive ketones (excluding diaryl/α,β-unsaturated/α-hetero) is 1. The number of aromatic nitrogens is 1. The standard InChI is InChI=1S/C13H20N2O3S2/c1-10(16)8-12-6-4-3-5-7-15(12)20(17,18)13-9-14-11(2)19-13/h9,12H,3-8H2,1-2H3. The topological polar surface area (TPSA) is 67.3 Å². The van der Waals surface area contributed by atoms with Crippen LogP contribution in [0.1, 0.15) is 44.0 Å². The smallest absolute Gasteiger partial charge is 0.254 e. The molecule has 1 saturated heterocycles. The predicted molar refractivity (Wildman–Crippen MR) is 78.3 cm³/mol. The molecule has 0 radical (unpaired) electrons. The first-order valence-electron chi connectivity index (χ1n) is 6.85. The molecule has 1 aliphatic rings. The lowest BCUT2D eigenvalue weighted by atomic mass is 10.1. The second-order valence-electron chi connectivity index (χ2n) is 5.22. The molecule has 7 heteroatoms. The summed E-state index contributed by atoms with van der Waals surface area (Å²) < 4.78 is 27.3. The van der Waals surface area contributed by atoms with Crippen molar-refractivity contribution in [1.29, 1.82) is 0 Å². The molecule has 1 aromatic rings. The van der Waals surface area contributed by atoms with Gasteiger partial charge >= 0.3 is 0 Å². The average Bonchev–Trinajstić information content (AvgIpc) is 2.66. The van der Waals surface area contributed by atoms with Crippen molar-refractivity contribution >= 4 is 27.1 Å². The van der Waals surface area contributed by atoms with E-state index in [0.717, 1.165) is 30.7 Å². The highest BCUT2D eigenvalue weighted by Gasteiger charge is 2.34. The number of carbonyl (C=O) groups excluding carboxylic acids is 1. The third kappa shape index (κ3) is 3.45. The summed E-state index contributed by atoms with van der Waals surface area (Å²) in [7, 11) is -3.52. The summed E-state index contributed by atoms with van der Waals surface area (Å²) in [6.07, 6.45) is 5.33. The molecular formula is C13H20N2O3S2. The second kappa shape index (κ2) is 6.32. The first-order chi connectivity index (χ1) is 9.41. The molecule has 0 aliphatic carbocycles. The molecule has 0 spiro atoms. The number of aryl methyl sites for hydroxylation is 1. The number of rotatable bonds is 4.